The zero-order chi connectivity index (χ0) is 24.0. The molecule has 174 valence electrons. The number of carbonyl (C=O) groups excluding carboxylic acids is 1. The van der Waals surface area contributed by atoms with Crippen LogP contribution in [0.4, 0.5) is 23.2 Å². The van der Waals surface area contributed by atoms with Gasteiger partial charge in [-0.1, -0.05) is 36.0 Å². The summed E-state index contributed by atoms with van der Waals surface area (Å²) in [6, 6.07) is 10.3. The van der Waals surface area contributed by atoms with Crippen LogP contribution in [0, 0.1) is 5.82 Å². The fourth-order valence-corrected chi connectivity index (χ4v) is 3.64. The highest BCUT2D eigenvalue weighted by Crippen LogP contribution is 2.31. The number of para-hydroxylation sites is 1. The zero-order valence-electron chi connectivity index (χ0n) is 17.5. The first kappa shape index (κ1) is 24.3. The minimum atomic E-state index is -4.51. The van der Waals surface area contributed by atoms with Gasteiger partial charge in [0.15, 0.2) is 22.5 Å². The summed E-state index contributed by atoms with van der Waals surface area (Å²) in [5.74, 6) is -0.557. The van der Waals surface area contributed by atoms with E-state index in [9.17, 15) is 22.4 Å². The van der Waals surface area contributed by atoms with Crippen LogP contribution in [-0.2, 0) is 24.1 Å². The van der Waals surface area contributed by atoms with Crippen molar-refractivity contribution < 1.29 is 27.1 Å². The van der Waals surface area contributed by atoms with E-state index in [0.717, 1.165) is 23.9 Å². The highest BCUT2D eigenvalue weighted by Gasteiger charge is 2.30. The van der Waals surface area contributed by atoms with Gasteiger partial charge in [-0.2, -0.15) is 13.2 Å². The molecule has 3 rings (SSSR count). The molecule has 0 spiro atoms. The second-order valence-corrected chi connectivity index (χ2v) is 8.15. The highest BCUT2D eigenvalue weighted by molar-refractivity contribution is 8.00. The molecule has 1 atom stereocenters. The lowest BCUT2D eigenvalue weighted by atomic mass is 10.2. The first-order valence-electron chi connectivity index (χ1n) is 9.74. The van der Waals surface area contributed by atoms with Gasteiger partial charge in [-0.25, -0.2) is 4.39 Å². The number of ether oxygens (including phenoxy) is 1. The normalized spacial score (nSPS) is 12.3. The Morgan fingerprint density at radius 1 is 1.24 bits per heavy atom. The molecular weight excluding hydrogens is 460 g/mol. The number of allylic oxidation sites excluding steroid dienone is 1. The Labute approximate surface area is 191 Å². The van der Waals surface area contributed by atoms with Gasteiger partial charge < -0.3 is 10.1 Å². The number of rotatable bonds is 9. The minimum Gasteiger partial charge on any atom is -0.483 e. The van der Waals surface area contributed by atoms with Crippen molar-refractivity contribution in [3.8, 4) is 5.75 Å². The Morgan fingerprint density at radius 2 is 2.00 bits per heavy atom. The molecule has 1 heterocycles. The molecule has 0 aliphatic carbocycles. The van der Waals surface area contributed by atoms with E-state index in [2.05, 4.69) is 22.1 Å². The van der Waals surface area contributed by atoms with E-state index in [-0.39, 0.29) is 18.0 Å². The molecule has 33 heavy (non-hydrogen) atoms. The minimum absolute atomic E-state index is 0.0359. The molecule has 1 unspecified atom stereocenters. The van der Waals surface area contributed by atoms with Crippen LogP contribution in [0.2, 0.25) is 0 Å². The number of alkyl halides is 3. The number of amides is 1. The fraction of sp³-hybridized carbons (Fsp3) is 0.227. The molecule has 1 N–H and O–H groups in total. The number of thioether (sulfide) groups is 1. The molecule has 1 amide bonds. The first-order chi connectivity index (χ1) is 15.7. The SMILES string of the molecule is C=CCn1c(COc2ccccc2F)nnc1SC(C)C(=O)Nc1cccc(C(F)(F)F)c1. The van der Waals surface area contributed by atoms with Gasteiger partial charge in [-0.05, 0) is 37.3 Å². The number of benzene rings is 2. The predicted octanol–water partition coefficient (Wildman–Crippen LogP) is 5.32. The Balaban J connectivity index is 1.68. The number of anilines is 1. The van der Waals surface area contributed by atoms with Crippen LogP contribution in [0.25, 0.3) is 0 Å². The molecular formula is C22H20F4N4O2S. The number of hydrogen-bond donors (Lipinski definition) is 1. The van der Waals surface area contributed by atoms with Crippen LogP contribution in [0.5, 0.6) is 5.75 Å². The summed E-state index contributed by atoms with van der Waals surface area (Å²) in [4.78, 5) is 12.5. The number of nitrogens with one attached hydrogen (secondary N) is 1. The lowest BCUT2D eigenvalue weighted by Crippen LogP contribution is -2.23. The quantitative estimate of drug-likeness (QED) is 0.255. The van der Waals surface area contributed by atoms with Crippen molar-refractivity contribution in [2.45, 2.75) is 36.7 Å². The third kappa shape index (κ3) is 6.35. The summed E-state index contributed by atoms with van der Waals surface area (Å²) in [5, 5.41) is 10.3. The Morgan fingerprint density at radius 3 is 2.70 bits per heavy atom. The summed E-state index contributed by atoms with van der Waals surface area (Å²) in [5.41, 5.74) is -0.820. The van der Waals surface area contributed by atoms with E-state index in [1.54, 1.807) is 29.7 Å². The average Bonchev–Trinajstić information content (AvgIpc) is 3.14. The largest absolute Gasteiger partial charge is 0.483 e. The van der Waals surface area contributed by atoms with Crippen molar-refractivity contribution in [2.24, 2.45) is 0 Å². The van der Waals surface area contributed by atoms with E-state index in [1.807, 2.05) is 0 Å². The van der Waals surface area contributed by atoms with E-state index in [1.165, 1.54) is 24.3 Å². The van der Waals surface area contributed by atoms with Gasteiger partial charge in [-0.15, -0.1) is 16.8 Å². The number of halogens is 4. The summed E-state index contributed by atoms with van der Waals surface area (Å²) < 4.78 is 59.6. The van der Waals surface area contributed by atoms with Gasteiger partial charge in [0.2, 0.25) is 5.91 Å². The fourth-order valence-electron chi connectivity index (χ4n) is 2.76. The first-order valence-corrected chi connectivity index (χ1v) is 10.6. The number of aromatic nitrogens is 3. The monoisotopic (exact) mass is 480 g/mol. The van der Waals surface area contributed by atoms with E-state index < -0.39 is 28.7 Å². The zero-order valence-corrected chi connectivity index (χ0v) is 18.3. The maximum absolute atomic E-state index is 13.8. The summed E-state index contributed by atoms with van der Waals surface area (Å²) in [6.45, 7) is 5.53. The van der Waals surface area contributed by atoms with Crippen LogP contribution in [0.15, 0.2) is 66.3 Å². The van der Waals surface area contributed by atoms with Crippen LogP contribution in [-0.4, -0.2) is 25.9 Å². The number of hydrogen-bond acceptors (Lipinski definition) is 5. The molecule has 0 radical (unpaired) electrons. The molecule has 0 fully saturated rings. The average molecular weight is 480 g/mol. The van der Waals surface area contributed by atoms with Crippen LogP contribution < -0.4 is 10.1 Å². The smallest absolute Gasteiger partial charge is 0.416 e. The van der Waals surface area contributed by atoms with Crippen molar-refractivity contribution in [3.63, 3.8) is 0 Å². The lowest BCUT2D eigenvalue weighted by molar-refractivity contribution is -0.137. The Kier molecular flexibility index (Phi) is 7.75. The van der Waals surface area contributed by atoms with Crippen LogP contribution >= 0.6 is 11.8 Å². The molecule has 0 saturated heterocycles. The molecule has 0 aliphatic rings. The lowest BCUT2D eigenvalue weighted by Gasteiger charge is -2.14. The van der Waals surface area contributed by atoms with Crippen molar-refractivity contribution >= 4 is 23.4 Å². The van der Waals surface area contributed by atoms with Gasteiger partial charge in [0.25, 0.3) is 0 Å². The van der Waals surface area contributed by atoms with Crippen LogP contribution in [0.3, 0.4) is 0 Å². The topological polar surface area (TPSA) is 69.0 Å². The maximum atomic E-state index is 13.8. The van der Waals surface area contributed by atoms with Crippen molar-refractivity contribution in [1.29, 1.82) is 0 Å². The number of nitrogens with zero attached hydrogens (tertiary/aromatic N) is 3. The predicted molar refractivity (Wildman–Crippen MR) is 116 cm³/mol. The molecule has 1 aromatic heterocycles. The van der Waals surface area contributed by atoms with Crippen LogP contribution in [0.1, 0.15) is 18.3 Å². The molecule has 11 heteroatoms. The molecule has 6 nitrogen and oxygen atoms in total. The summed E-state index contributed by atoms with van der Waals surface area (Å²) in [6.07, 6.45) is -2.91. The van der Waals surface area contributed by atoms with Crippen molar-refractivity contribution in [1.82, 2.24) is 14.8 Å². The highest BCUT2D eigenvalue weighted by atomic mass is 32.2. The second-order valence-electron chi connectivity index (χ2n) is 6.85. The van der Waals surface area contributed by atoms with E-state index in [0.29, 0.717) is 17.5 Å². The van der Waals surface area contributed by atoms with Gasteiger partial charge in [0.05, 0.1) is 10.8 Å². The number of carbonyl (C=O) groups is 1. The van der Waals surface area contributed by atoms with Gasteiger partial charge in [0.1, 0.15) is 6.61 Å². The molecule has 3 aromatic rings. The van der Waals surface area contributed by atoms with Gasteiger partial charge in [0, 0.05) is 12.2 Å². The van der Waals surface area contributed by atoms with Crippen molar-refractivity contribution in [2.75, 3.05) is 5.32 Å². The Bertz CT molecular complexity index is 1130. The molecule has 0 bridgehead atoms. The van der Waals surface area contributed by atoms with E-state index >= 15 is 0 Å². The standard InChI is InChI=1S/C22H20F4N4O2S/c1-3-11-30-19(13-32-18-10-5-4-9-17(18)23)28-29-21(30)33-14(2)20(31)27-16-8-6-7-15(12-16)22(24,25)26/h3-10,12,14H,1,11,13H2,2H3,(H,27,31). The summed E-state index contributed by atoms with van der Waals surface area (Å²) >= 11 is 1.07. The maximum Gasteiger partial charge on any atom is 0.416 e. The molecule has 0 saturated carbocycles. The third-order valence-corrected chi connectivity index (χ3v) is 5.49. The van der Waals surface area contributed by atoms with Gasteiger partial charge in [-0.3, -0.25) is 9.36 Å². The Hall–Kier alpha value is -3.34. The molecule has 0 aliphatic heterocycles. The van der Waals surface area contributed by atoms with Crippen molar-refractivity contribution in [3.05, 3.63) is 78.4 Å². The van der Waals surface area contributed by atoms with E-state index in [4.69, 9.17) is 4.74 Å². The van der Waals surface area contributed by atoms with Gasteiger partial charge >= 0.3 is 6.18 Å². The summed E-state index contributed by atoms with van der Waals surface area (Å²) in [7, 11) is 0. The second kappa shape index (κ2) is 10.5. The molecule has 2 aromatic carbocycles. The third-order valence-electron chi connectivity index (χ3n) is 4.41.